The van der Waals surface area contributed by atoms with E-state index in [-0.39, 0.29) is 0 Å². The van der Waals surface area contributed by atoms with Gasteiger partial charge in [0.05, 0.1) is 13.2 Å². The number of hydrogen-bond donors (Lipinski definition) is 2. The molecule has 0 saturated carbocycles. The largest absolute Gasteiger partial charge is 0.379 e. The predicted molar refractivity (Wildman–Crippen MR) is 99.4 cm³/mol. The number of ether oxygens (including phenoxy) is 1. The van der Waals surface area contributed by atoms with Gasteiger partial charge in [0.25, 0.3) is 0 Å². The zero-order valence-corrected chi connectivity index (χ0v) is 15.0. The lowest BCUT2D eigenvalue weighted by Crippen LogP contribution is -2.45. The fourth-order valence-electron chi connectivity index (χ4n) is 2.72. The second-order valence-electron chi connectivity index (χ2n) is 6.10. The molecule has 6 nitrogen and oxygen atoms in total. The van der Waals surface area contributed by atoms with Crippen LogP contribution in [-0.2, 0) is 11.3 Å². The van der Waals surface area contributed by atoms with Crippen molar-refractivity contribution in [3.8, 4) is 0 Å². The summed E-state index contributed by atoms with van der Waals surface area (Å²) in [6.45, 7) is 8.49. The van der Waals surface area contributed by atoms with Crippen LogP contribution in [0.3, 0.4) is 0 Å². The minimum absolute atomic E-state index is 0.848. The number of likely N-dealkylation sites (N-methyl/N-ethyl adjacent to an activating group) is 1. The monoisotopic (exact) mass is 333 g/mol. The third-order valence-corrected chi connectivity index (χ3v) is 4.13. The van der Waals surface area contributed by atoms with Crippen LogP contribution in [0.4, 0.5) is 0 Å². The van der Waals surface area contributed by atoms with Gasteiger partial charge in [0.15, 0.2) is 5.96 Å². The Morgan fingerprint density at radius 1 is 1.17 bits per heavy atom. The molecule has 6 heteroatoms. The highest BCUT2D eigenvalue weighted by Crippen LogP contribution is 2.01. The molecule has 1 heterocycles. The Bertz CT molecular complexity index is 474. The molecule has 2 rings (SSSR count). The quantitative estimate of drug-likeness (QED) is 0.539. The highest BCUT2D eigenvalue weighted by atomic mass is 16.5. The fourth-order valence-corrected chi connectivity index (χ4v) is 2.72. The van der Waals surface area contributed by atoms with Crippen molar-refractivity contribution in [2.45, 2.75) is 6.54 Å². The number of morpholine rings is 1. The summed E-state index contributed by atoms with van der Waals surface area (Å²) in [5.41, 5.74) is 1.34. The van der Waals surface area contributed by atoms with Crippen LogP contribution in [0, 0.1) is 0 Å². The van der Waals surface area contributed by atoms with Crippen molar-refractivity contribution in [3.63, 3.8) is 0 Å². The molecule has 1 aliphatic heterocycles. The van der Waals surface area contributed by atoms with Gasteiger partial charge in [-0.2, -0.15) is 0 Å². The molecule has 24 heavy (non-hydrogen) atoms. The molecule has 0 radical (unpaired) electrons. The van der Waals surface area contributed by atoms with E-state index in [1.54, 1.807) is 0 Å². The van der Waals surface area contributed by atoms with Crippen molar-refractivity contribution in [2.24, 2.45) is 4.99 Å². The summed E-state index contributed by atoms with van der Waals surface area (Å²) in [7, 11) is 3.96. The maximum Gasteiger partial charge on any atom is 0.191 e. The summed E-state index contributed by atoms with van der Waals surface area (Å²) in [5.74, 6) is 0.872. The van der Waals surface area contributed by atoms with Crippen molar-refractivity contribution in [1.82, 2.24) is 20.4 Å². The Morgan fingerprint density at radius 2 is 1.88 bits per heavy atom. The van der Waals surface area contributed by atoms with Crippen molar-refractivity contribution in [3.05, 3.63) is 35.9 Å². The lowest BCUT2D eigenvalue weighted by atomic mass is 10.2. The third-order valence-electron chi connectivity index (χ3n) is 4.13. The molecular formula is C18H31N5O. The SMILES string of the molecule is CN=C(NCCN(C)Cc1ccccc1)NCCN1CCOCC1. The van der Waals surface area contributed by atoms with Crippen molar-refractivity contribution in [1.29, 1.82) is 0 Å². The molecule has 0 aromatic heterocycles. The zero-order chi connectivity index (χ0) is 17.0. The molecule has 1 aliphatic rings. The molecular weight excluding hydrogens is 302 g/mol. The Hall–Kier alpha value is -1.63. The summed E-state index contributed by atoms with van der Waals surface area (Å²) >= 11 is 0. The molecule has 1 aromatic rings. The van der Waals surface area contributed by atoms with E-state index in [2.05, 4.69) is 62.8 Å². The van der Waals surface area contributed by atoms with E-state index in [0.717, 1.165) is 65.0 Å². The van der Waals surface area contributed by atoms with Crippen LogP contribution < -0.4 is 10.6 Å². The zero-order valence-electron chi connectivity index (χ0n) is 15.0. The second kappa shape index (κ2) is 11.0. The molecule has 1 fully saturated rings. The topological polar surface area (TPSA) is 52.1 Å². The first kappa shape index (κ1) is 18.7. The van der Waals surface area contributed by atoms with Gasteiger partial charge in [0.2, 0.25) is 0 Å². The molecule has 0 unspecified atom stereocenters. The lowest BCUT2D eigenvalue weighted by molar-refractivity contribution is 0.0389. The van der Waals surface area contributed by atoms with Gasteiger partial charge in [-0.25, -0.2) is 0 Å². The maximum absolute atomic E-state index is 5.36. The van der Waals surface area contributed by atoms with E-state index >= 15 is 0 Å². The molecule has 1 saturated heterocycles. The van der Waals surface area contributed by atoms with Gasteiger partial charge in [0.1, 0.15) is 0 Å². The van der Waals surface area contributed by atoms with Crippen LogP contribution in [0.1, 0.15) is 5.56 Å². The van der Waals surface area contributed by atoms with Crippen molar-refractivity contribution < 1.29 is 4.74 Å². The van der Waals surface area contributed by atoms with E-state index in [9.17, 15) is 0 Å². The molecule has 1 aromatic carbocycles. The first-order valence-corrected chi connectivity index (χ1v) is 8.75. The normalized spacial score (nSPS) is 16.4. The lowest BCUT2D eigenvalue weighted by Gasteiger charge is -2.26. The first-order chi connectivity index (χ1) is 11.8. The predicted octanol–water partition coefficient (Wildman–Crippen LogP) is 0.616. The van der Waals surface area contributed by atoms with E-state index < -0.39 is 0 Å². The Morgan fingerprint density at radius 3 is 2.58 bits per heavy atom. The number of guanidine groups is 1. The number of nitrogens with zero attached hydrogens (tertiary/aromatic N) is 3. The van der Waals surface area contributed by atoms with Crippen molar-refractivity contribution in [2.75, 3.05) is 66.6 Å². The van der Waals surface area contributed by atoms with Crippen LogP contribution >= 0.6 is 0 Å². The van der Waals surface area contributed by atoms with Crippen LogP contribution in [0.5, 0.6) is 0 Å². The van der Waals surface area contributed by atoms with Crippen LogP contribution in [0.2, 0.25) is 0 Å². The fraction of sp³-hybridized carbons (Fsp3) is 0.611. The number of nitrogens with one attached hydrogen (secondary N) is 2. The molecule has 134 valence electrons. The molecule has 0 spiro atoms. The Labute approximate surface area is 145 Å². The van der Waals surface area contributed by atoms with Gasteiger partial charge in [-0.1, -0.05) is 30.3 Å². The number of benzene rings is 1. The molecule has 0 aliphatic carbocycles. The Balaban J connectivity index is 1.57. The minimum Gasteiger partial charge on any atom is -0.379 e. The van der Waals surface area contributed by atoms with E-state index in [0.29, 0.717) is 0 Å². The Kier molecular flexibility index (Phi) is 8.59. The summed E-state index contributed by atoms with van der Waals surface area (Å²) in [6, 6.07) is 10.5. The average Bonchev–Trinajstić information content (AvgIpc) is 2.62. The van der Waals surface area contributed by atoms with Gasteiger partial charge in [-0.3, -0.25) is 9.89 Å². The minimum atomic E-state index is 0.848. The van der Waals surface area contributed by atoms with Crippen LogP contribution in [0.15, 0.2) is 35.3 Å². The van der Waals surface area contributed by atoms with Crippen molar-refractivity contribution >= 4 is 5.96 Å². The highest BCUT2D eigenvalue weighted by molar-refractivity contribution is 5.79. The van der Waals surface area contributed by atoms with E-state index in [1.807, 2.05) is 7.05 Å². The van der Waals surface area contributed by atoms with Gasteiger partial charge in [-0.15, -0.1) is 0 Å². The van der Waals surface area contributed by atoms with Crippen LogP contribution in [0.25, 0.3) is 0 Å². The second-order valence-corrected chi connectivity index (χ2v) is 6.10. The summed E-state index contributed by atoms with van der Waals surface area (Å²) in [6.07, 6.45) is 0. The molecule has 0 amide bonds. The summed E-state index contributed by atoms with van der Waals surface area (Å²) in [4.78, 5) is 9.01. The van der Waals surface area contributed by atoms with Gasteiger partial charge in [0, 0.05) is 52.9 Å². The molecule has 0 atom stereocenters. The van der Waals surface area contributed by atoms with Gasteiger partial charge < -0.3 is 20.3 Å². The van der Waals surface area contributed by atoms with E-state index in [1.165, 1.54) is 5.56 Å². The number of aliphatic imine (C=N–C) groups is 1. The van der Waals surface area contributed by atoms with Crippen LogP contribution in [-0.4, -0.2) is 82.3 Å². The standard InChI is InChI=1S/C18H31N5O/c1-19-18(21-9-11-23-12-14-24-15-13-23)20-8-10-22(2)16-17-6-4-3-5-7-17/h3-7H,8-16H2,1-2H3,(H2,19,20,21). The average molecular weight is 333 g/mol. The first-order valence-electron chi connectivity index (χ1n) is 8.75. The number of rotatable bonds is 8. The van der Waals surface area contributed by atoms with Gasteiger partial charge >= 0.3 is 0 Å². The molecule has 2 N–H and O–H groups in total. The summed E-state index contributed by atoms with van der Waals surface area (Å²) in [5, 5.41) is 6.76. The maximum atomic E-state index is 5.36. The highest BCUT2D eigenvalue weighted by Gasteiger charge is 2.09. The molecule has 0 bridgehead atoms. The smallest absolute Gasteiger partial charge is 0.191 e. The van der Waals surface area contributed by atoms with Gasteiger partial charge in [-0.05, 0) is 12.6 Å². The number of hydrogen-bond acceptors (Lipinski definition) is 4. The summed E-state index contributed by atoms with van der Waals surface area (Å²) < 4.78 is 5.36. The van der Waals surface area contributed by atoms with E-state index in [4.69, 9.17) is 4.74 Å². The third kappa shape index (κ3) is 7.29.